The van der Waals surface area contributed by atoms with Gasteiger partial charge in [-0.3, -0.25) is 4.79 Å². The minimum Gasteiger partial charge on any atom is -0.378 e. The lowest BCUT2D eigenvalue weighted by molar-refractivity contribution is -0.128. The summed E-state index contributed by atoms with van der Waals surface area (Å²) in [5.41, 5.74) is 0. The lowest BCUT2D eigenvalue weighted by Crippen LogP contribution is -2.37. The van der Waals surface area contributed by atoms with E-state index in [-0.39, 0.29) is 24.7 Å². The second-order valence-corrected chi connectivity index (χ2v) is 5.19. The molecule has 5 nitrogen and oxygen atoms in total. The van der Waals surface area contributed by atoms with Gasteiger partial charge in [0, 0.05) is 19.1 Å². The number of hydrogen-bond donors (Lipinski definition) is 2. The van der Waals surface area contributed by atoms with E-state index in [1.165, 1.54) is 0 Å². The predicted octanol–water partition coefficient (Wildman–Crippen LogP) is 0.296. The van der Waals surface area contributed by atoms with Gasteiger partial charge in [-0.05, 0) is 39.3 Å². The van der Waals surface area contributed by atoms with Crippen LogP contribution in [0.3, 0.4) is 0 Å². The molecule has 0 aromatic rings. The number of hydrogen-bond acceptors (Lipinski definition) is 4. The molecule has 2 rings (SSSR count). The van der Waals surface area contributed by atoms with Crippen molar-refractivity contribution in [3.05, 3.63) is 0 Å². The number of amides is 1. The third kappa shape index (κ3) is 4.23. The maximum atomic E-state index is 11.7. The highest BCUT2D eigenvalue weighted by molar-refractivity contribution is 5.77. The van der Waals surface area contributed by atoms with Crippen molar-refractivity contribution in [1.82, 2.24) is 10.6 Å². The minimum atomic E-state index is -0.00682. The zero-order valence-corrected chi connectivity index (χ0v) is 11.1. The number of piperidine rings is 1. The first-order valence-corrected chi connectivity index (χ1v) is 6.96. The highest BCUT2D eigenvalue weighted by Crippen LogP contribution is 2.19. The van der Waals surface area contributed by atoms with Crippen molar-refractivity contribution >= 4 is 5.91 Å². The Morgan fingerprint density at radius 2 is 2.17 bits per heavy atom. The molecule has 2 heterocycles. The summed E-state index contributed by atoms with van der Waals surface area (Å²) in [5.74, 6) is 0.445. The fourth-order valence-electron chi connectivity index (χ4n) is 2.50. The van der Waals surface area contributed by atoms with Gasteiger partial charge in [-0.2, -0.15) is 0 Å². The largest absolute Gasteiger partial charge is 0.378 e. The summed E-state index contributed by atoms with van der Waals surface area (Å²) >= 11 is 0. The minimum absolute atomic E-state index is 0.00682. The zero-order chi connectivity index (χ0) is 12.8. The van der Waals surface area contributed by atoms with Crippen molar-refractivity contribution in [3.63, 3.8) is 0 Å². The second-order valence-electron chi connectivity index (χ2n) is 5.19. The van der Waals surface area contributed by atoms with Gasteiger partial charge in [-0.1, -0.05) is 0 Å². The Hall–Kier alpha value is -0.650. The van der Waals surface area contributed by atoms with Crippen LogP contribution in [-0.2, 0) is 14.3 Å². The molecule has 0 radical (unpaired) electrons. The van der Waals surface area contributed by atoms with Crippen molar-refractivity contribution in [2.75, 3.05) is 32.8 Å². The molecular weight excluding hydrogens is 232 g/mol. The van der Waals surface area contributed by atoms with Crippen molar-refractivity contribution < 1.29 is 14.3 Å². The molecule has 104 valence electrons. The monoisotopic (exact) mass is 256 g/mol. The number of rotatable bonds is 5. The van der Waals surface area contributed by atoms with Crippen molar-refractivity contribution in [1.29, 1.82) is 0 Å². The van der Waals surface area contributed by atoms with Crippen LogP contribution >= 0.6 is 0 Å². The first-order chi connectivity index (χ1) is 8.75. The Labute approximate surface area is 109 Å². The first kappa shape index (κ1) is 13.8. The van der Waals surface area contributed by atoms with Crippen LogP contribution in [0.25, 0.3) is 0 Å². The molecule has 0 saturated carbocycles. The quantitative estimate of drug-likeness (QED) is 0.742. The van der Waals surface area contributed by atoms with Gasteiger partial charge < -0.3 is 20.1 Å². The van der Waals surface area contributed by atoms with Gasteiger partial charge >= 0.3 is 0 Å². The molecule has 0 aromatic carbocycles. The SMILES string of the molecule is CC1OCCC1CNC(=O)COC1CCNCC1. The molecular formula is C13H24N2O3. The van der Waals surface area contributed by atoms with Crippen molar-refractivity contribution in [2.45, 2.75) is 38.4 Å². The van der Waals surface area contributed by atoms with E-state index in [0.717, 1.165) is 39.0 Å². The maximum Gasteiger partial charge on any atom is 0.246 e. The van der Waals surface area contributed by atoms with Gasteiger partial charge in [-0.15, -0.1) is 0 Å². The van der Waals surface area contributed by atoms with E-state index in [9.17, 15) is 4.79 Å². The van der Waals surface area contributed by atoms with Gasteiger partial charge in [0.2, 0.25) is 5.91 Å². The summed E-state index contributed by atoms with van der Waals surface area (Å²) < 4.78 is 11.1. The van der Waals surface area contributed by atoms with Crippen LogP contribution in [-0.4, -0.2) is 51.0 Å². The lowest BCUT2D eigenvalue weighted by Gasteiger charge is -2.23. The van der Waals surface area contributed by atoms with E-state index in [1.54, 1.807) is 0 Å². The van der Waals surface area contributed by atoms with E-state index in [4.69, 9.17) is 9.47 Å². The van der Waals surface area contributed by atoms with Crippen LogP contribution in [0.4, 0.5) is 0 Å². The summed E-state index contributed by atoms with van der Waals surface area (Å²) in [5, 5.41) is 6.21. The molecule has 2 aliphatic heterocycles. The van der Waals surface area contributed by atoms with Crippen molar-refractivity contribution in [2.24, 2.45) is 5.92 Å². The smallest absolute Gasteiger partial charge is 0.246 e. The highest BCUT2D eigenvalue weighted by atomic mass is 16.5. The van der Waals surface area contributed by atoms with E-state index < -0.39 is 0 Å². The summed E-state index contributed by atoms with van der Waals surface area (Å²) in [4.78, 5) is 11.7. The molecule has 1 amide bonds. The zero-order valence-electron chi connectivity index (χ0n) is 11.1. The van der Waals surface area contributed by atoms with Crippen LogP contribution in [0.5, 0.6) is 0 Å². The van der Waals surface area contributed by atoms with Gasteiger partial charge in [0.1, 0.15) is 6.61 Å². The summed E-state index contributed by atoms with van der Waals surface area (Å²) in [6.07, 6.45) is 3.54. The first-order valence-electron chi connectivity index (χ1n) is 6.96. The van der Waals surface area contributed by atoms with Crippen LogP contribution in [0.2, 0.25) is 0 Å². The Morgan fingerprint density at radius 1 is 1.39 bits per heavy atom. The molecule has 0 aliphatic carbocycles. The Bertz CT molecular complexity index is 267. The lowest BCUT2D eigenvalue weighted by atomic mass is 10.0. The fraction of sp³-hybridized carbons (Fsp3) is 0.923. The Balaban J connectivity index is 1.57. The fourth-order valence-corrected chi connectivity index (χ4v) is 2.50. The summed E-state index contributed by atoms with van der Waals surface area (Å²) in [6.45, 7) is 5.75. The van der Waals surface area contributed by atoms with Gasteiger partial charge in [0.05, 0.1) is 12.2 Å². The molecule has 2 unspecified atom stereocenters. The Morgan fingerprint density at radius 3 is 2.83 bits per heavy atom. The van der Waals surface area contributed by atoms with E-state index in [1.807, 2.05) is 0 Å². The second kappa shape index (κ2) is 7.07. The van der Waals surface area contributed by atoms with E-state index in [2.05, 4.69) is 17.6 Å². The van der Waals surface area contributed by atoms with Gasteiger partial charge in [0.25, 0.3) is 0 Å². The third-order valence-electron chi connectivity index (χ3n) is 3.83. The molecule has 2 saturated heterocycles. The normalized spacial score (nSPS) is 29.4. The molecule has 0 aromatic heterocycles. The molecule has 0 spiro atoms. The van der Waals surface area contributed by atoms with Crippen LogP contribution < -0.4 is 10.6 Å². The summed E-state index contributed by atoms with van der Waals surface area (Å²) in [6, 6.07) is 0. The van der Waals surface area contributed by atoms with Gasteiger partial charge in [0.15, 0.2) is 0 Å². The molecule has 5 heteroatoms. The number of nitrogens with one attached hydrogen (secondary N) is 2. The predicted molar refractivity (Wildman–Crippen MR) is 68.4 cm³/mol. The third-order valence-corrected chi connectivity index (χ3v) is 3.83. The number of carbonyl (C=O) groups is 1. The molecule has 2 atom stereocenters. The number of carbonyl (C=O) groups excluding carboxylic acids is 1. The van der Waals surface area contributed by atoms with Gasteiger partial charge in [-0.25, -0.2) is 0 Å². The molecule has 18 heavy (non-hydrogen) atoms. The van der Waals surface area contributed by atoms with Crippen LogP contribution in [0.15, 0.2) is 0 Å². The topological polar surface area (TPSA) is 59.6 Å². The average molecular weight is 256 g/mol. The standard InChI is InChI=1S/C13H24N2O3/c1-10-11(4-7-17-10)8-15-13(16)9-18-12-2-5-14-6-3-12/h10-12,14H,2-9H2,1H3,(H,15,16). The summed E-state index contributed by atoms with van der Waals surface area (Å²) in [7, 11) is 0. The maximum absolute atomic E-state index is 11.7. The highest BCUT2D eigenvalue weighted by Gasteiger charge is 2.24. The molecule has 2 aliphatic rings. The van der Waals surface area contributed by atoms with Crippen LogP contribution in [0, 0.1) is 5.92 Å². The molecule has 0 bridgehead atoms. The van der Waals surface area contributed by atoms with E-state index in [0.29, 0.717) is 12.5 Å². The average Bonchev–Trinajstić information content (AvgIpc) is 2.81. The Kier molecular flexibility index (Phi) is 5.41. The molecule has 2 N–H and O–H groups in total. The van der Waals surface area contributed by atoms with E-state index >= 15 is 0 Å². The van der Waals surface area contributed by atoms with Crippen molar-refractivity contribution in [3.8, 4) is 0 Å². The van der Waals surface area contributed by atoms with Crippen LogP contribution in [0.1, 0.15) is 26.2 Å². The number of ether oxygens (including phenoxy) is 2. The molecule has 2 fully saturated rings.